The smallest absolute Gasteiger partial charge is 0.405 e. The number of aliphatic hydroxyl groups excluding tert-OH is 2. The fraction of sp³-hybridized carbons (Fsp3) is 0.304. The molecule has 0 bridgehead atoms. The van der Waals surface area contributed by atoms with Gasteiger partial charge in [0.25, 0.3) is 5.91 Å². The van der Waals surface area contributed by atoms with Gasteiger partial charge in [-0.1, -0.05) is 24.3 Å². The van der Waals surface area contributed by atoms with Gasteiger partial charge in [0.1, 0.15) is 17.4 Å². The van der Waals surface area contributed by atoms with Crippen molar-refractivity contribution in [2.75, 3.05) is 25.1 Å². The third kappa shape index (κ3) is 4.93. The number of halogens is 4. The normalized spacial score (nSPS) is 16.0. The highest BCUT2D eigenvalue weighted by Crippen LogP contribution is 2.38. The summed E-state index contributed by atoms with van der Waals surface area (Å²) in [6.07, 6.45) is -6.16. The van der Waals surface area contributed by atoms with Crippen molar-refractivity contribution >= 4 is 11.7 Å². The van der Waals surface area contributed by atoms with Crippen LogP contribution in [-0.4, -0.2) is 63.5 Å². The zero-order chi connectivity index (χ0) is 25.3. The second-order valence-electron chi connectivity index (χ2n) is 7.90. The van der Waals surface area contributed by atoms with Crippen LogP contribution in [0.5, 0.6) is 5.75 Å². The number of carbonyl (C=O) groups is 1. The summed E-state index contributed by atoms with van der Waals surface area (Å²) in [4.78, 5) is 20.3. The van der Waals surface area contributed by atoms with Crippen LogP contribution in [0.15, 0.2) is 48.5 Å². The number of benzene rings is 2. The van der Waals surface area contributed by atoms with E-state index in [1.807, 2.05) is 0 Å². The van der Waals surface area contributed by atoms with Crippen molar-refractivity contribution in [1.82, 2.24) is 14.5 Å². The van der Waals surface area contributed by atoms with Crippen LogP contribution in [0.3, 0.4) is 0 Å². The van der Waals surface area contributed by atoms with Crippen molar-refractivity contribution in [3.05, 3.63) is 65.6 Å². The minimum atomic E-state index is -4.96. The zero-order valence-corrected chi connectivity index (χ0v) is 18.5. The molecule has 0 radical (unpaired) electrons. The largest absolute Gasteiger partial charge is 0.573 e. The van der Waals surface area contributed by atoms with Crippen LogP contribution in [0.4, 0.5) is 23.4 Å². The number of imidazole rings is 1. The first-order chi connectivity index (χ1) is 16.6. The summed E-state index contributed by atoms with van der Waals surface area (Å²) in [5.74, 6) is -1.55. The molecule has 2 N–H and O–H groups in total. The van der Waals surface area contributed by atoms with E-state index in [0.29, 0.717) is 5.56 Å². The van der Waals surface area contributed by atoms with E-state index in [1.54, 1.807) is 0 Å². The number of anilines is 1. The minimum Gasteiger partial charge on any atom is -0.405 e. The monoisotopic (exact) mass is 494 g/mol. The predicted octanol–water partition coefficient (Wildman–Crippen LogP) is 3.19. The summed E-state index contributed by atoms with van der Waals surface area (Å²) in [5, 5.41) is 19.9. The zero-order valence-electron chi connectivity index (χ0n) is 18.5. The van der Waals surface area contributed by atoms with Crippen molar-refractivity contribution in [3.8, 4) is 17.1 Å². The average Bonchev–Trinajstić information content (AvgIpc) is 3.17. The van der Waals surface area contributed by atoms with Crippen molar-refractivity contribution in [3.63, 3.8) is 0 Å². The van der Waals surface area contributed by atoms with Crippen molar-refractivity contribution in [2.24, 2.45) is 0 Å². The lowest BCUT2D eigenvalue weighted by molar-refractivity contribution is -0.274. The molecule has 1 aliphatic rings. The molecule has 4 rings (SSSR count). The molecule has 8 nitrogen and oxygen atoms in total. The Balaban J connectivity index is 1.90. The number of hydrogen-bond acceptors (Lipinski definition) is 6. The molecule has 0 aliphatic carbocycles. The number of alkyl halides is 3. The SMILES string of the molecule is CN1c2nc(-c3ccccc3OC(F)(F)F)n(Cc3ccc(F)cc3)c2C(=O)N(CCCO)C1O. The fourth-order valence-corrected chi connectivity index (χ4v) is 3.91. The van der Waals surface area contributed by atoms with Crippen molar-refractivity contribution < 1.29 is 37.3 Å². The molecular weight excluding hydrogens is 472 g/mol. The number of aromatic nitrogens is 2. The Labute approximate surface area is 197 Å². The maximum Gasteiger partial charge on any atom is 0.573 e. The Morgan fingerprint density at radius 3 is 2.46 bits per heavy atom. The predicted molar refractivity (Wildman–Crippen MR) is 117 cm³/mol. The summed E-state index contributed by atoms with van der Waals surface area (Å²) in [5.41, 5.74) is 0.557. The maximum absolute atomic E-state index is 13.5. The Kier molecular flexibility index (Phi) is 6.68. The van der Waals surface area contributed by atoms with E-state index in [9.17, 15) is 32.6 Å². The molecule has 3 aromatic rings. The summed E-state index contributed by atoms with van der Waals surface area (Å²) >= 11 is 0. The molecule has 12 heteroatoms. The standard InChI is InChI=1S/C23H22F4N4O4/c1-29-20-18(21(33)30(22(29)34)11-4-12-32)31(13-14-7-9-15(24)10-8-14)19(28-20)16-5-2-3-6-17(16)35-23(25,26)27/h2-3,5-10,22,32,34H,4,11-13H2,1H3. The molecule has 1 atom stereocenters. The number of amides is 1. The topological polar surface area (TPSA) is 91.1 Å². The van der Waals surface area contributed by atoms with Crippen molar-refractivity contribution in [2.45, 2.75) is 25.7 Å². The van der Waals surface area contributed by atoms with Crippen LogP contribution < -0.4 is 9.64 Å². The van der Waals surface area contributed by atoms with Gasteiger partial charge in [-0.15, -0.1) is 13.2 Å². The van der Waals surface area contributed by atoms with Gasteiger partial charge in [0.15, 0.2) is 11.5 Å². The number of hydrogen-bond donors (Lipinski definition) is 2. The van der Waals surface area contributed by atoms with Gasteiger partial charge >= 0.3 is 6.36 Å². The Bertz CT molecular complexity index is 1210. The van der Waals surface area contributed by atoms with E-state index < -0.39 is 30.2 Å². The average molecular weight is 494 g/mol. The van der Waals surface area contributed by atoms with Crippen LogP contribution in [0.25, 0.3) is 11.4 Å². The highest BCUT2D eigenvalue weighted by atomic mass is 19.4. The second-order valence-corrected chi connectivity index (χ2v) is 7.90. The van der Waals surface area contributed by atoms with Gasteiger partial charge in [-0.2, -0.15) is 0 Å². The number of rotatable bonds is 7. The summed E-state index contributed by atoms with van der Waals surface area (Å²) in [6.45, 7) is -0.206. The first-order valence-electron chi connectivity index (χ1n) is 10.6. The van der Waals surface area contributed by atoms with E-state index >= 15 is 0 Å². The molecule has 0 saturated heterocycles. The molecular formula is C23H22F4N4O4. The van der Waals surface area contributed by atoms with Gasteiger partial charge in [-0.3, -0.25) is 9.69 Å². The van der Waals surface area contributed by atoms with Gasteiger partial charge in [-0.05, 0) is 36.2 Å². The van der Waals surface area contributed by atoms with Gasteiger partial charge < -0.3 is 24.4 Å². The molecule has 186 valence electrons. The van der Waals surface area contributed by atoms with E-state index in [0.717, 1.165) is 11.0 Å². The Morgan fingerprint density at radius 1 is 1.11 bits per heavy atom. The highest BCUT2D eigenvalue weighted by Gasteiger charge is 2.40. The van der Waals surface area contributed by atoms with Gasteiger partial charge in [0.05, 0.1) is 5.56 Å². The summed E-state index contributed by atoms with van der Waals surface area (Å²) < 4.78 is 58.3. The highest BCUT2D eigenvalue weighted by molar-refractivity contribution is 6.00. The van der Waals surface area contributed by atoms with E-state index in [2.05, 4.69) is 9.72 Å². The number of ether oxygens (including phenoxy) is 1. The van der Waals surface area contributed by atoms with E-state index in [4.69, 9.17) is 0 Å². The van der Waals surface area contributed by atoms with Crippen LogP contribution in [0, 0.1) is 5.82 Å². The first kappa shape index (κ1) is 24.5. The molecule has 1 unspecified atom stereocenters. The number of fused-ring (bicyclic) bond motifs is 1. The number of nitrogens with zero attached hydrogens (tertiary/aromatic N) is 4. The molecule has 35 heavy (non-hydrogen) atoms. The van der Waals surface area contributed by atoms with Crippen LogP contribution in [-0.2, 0) is 6.54 Å². The maximum atomic E-state index is 13.5. The van der Waals surface area contributed by atoms with Crippen LogP contribution in [0.2, 0.25) is 0 Å². The molecule has 2 aromatic carbocycles. The number of para-hydroxylation sites is 1. The fourth-order valence-electron chi connectivity index (χ4n) is 3.91. The van der Waals surface area contributed by atoms with Gasteiger partial charge in [-0.25, -0.2) is 9.37 Å². The number of carbonyl (C=O) groups excluding carboxylic acids is 1. The molecule has 0 spiro atoms. The third-order valence-corrected chi connectivity index (χ3v) is 5.54. The summed E-state index contributed by atoms with van der Waals surface area (Å²) in [7, 11) is 1.49. The number of aliphatic hydroxyl groups is 2. The third-order valence-electron chi connectivity index (χ3n) is 5.54. The minimum absolute atomic E-state index is 0.00409. The Hall–Kier alpha value is -3.64. The molecule has 1 amide bonds. The molecule has 1 aliphatic heterocycles. The quantitative estimate of drug-likeness (QED) is 0.491. The van der Waals surface area contributed by atoms with E-state index in [-0.39, 0.29) is 49.0 Å². The van der Waals surface area contributed by atoms with Crippen LogP contribution >= 0.6 is 0 Å². The first-order valence-corrected chi connectivity index (χ1v) is 10.6. The lowest BCUT2D eigenvalue weighted by Gasteiger charge is -2.38. The van der Waals surface area contributed by atoms with E-state index in [1.165, 1.54) is 59.0 Å². The lowest BCUT2D eigenvalue weighted by atomic mass is 10.1. The Morgan fingerprint density at radius 2 is 1.80 bits per heavy atom. The summed E-state index contributed by atoms with van der Waals surface area (Å²) in [6, 6.07) is 10.8. The molecule has 2 heterocycles. The van der Waals surface area contributed by atoms with Crippen molar-refractivity contribution in [1.29, 1.82) is 0 Å². The van der Waals surface area contributed by atoms with Gasteiger partial charge in [0, 0.05) is 26.7 Å². The molecule has 1 aromatic heterocycles. The van der Waals surface area contributed by atoms with Crippen LogP contribution in [0.1, 0.15) is 22.5 Å². The van der Waals surface area contributed by atoms with Gasteiger partial charge in [0.2, 0.25) is 6.35 Å². The molecule has 0 fully saturated rings. The second kappa shape index (κ2) is 9.55. The molecule has 0 saturated carbocycles. The lowest BCUT2D eigenvalue weighted by Crippen LogP contribution is -2.54.